The quantitative estimate of drug-likeness (QED) is 0.257. The zero-order chi connectivity index (χ0) is 11.5. The van der Waals surface area contributed by atoms with Gasteiger partial charge in [0.1, 0.15) is 6.29 Å². The Morgan fingerprint density at radius 3 is 2.38 bits per heavy atom. The molecule has 1 aromatic rings. The van der Waals surface area contributed by atoms with Gasteiger partial charge >= 0.3 is 51.4 Å². The summed E-state index contributed by atoms with van der Waals surface area (Å²) in [6.07, 6.45) is 0.554. The molecule has 0 atom stereocenters. The Hall–Kier alpha value is 0.0364. The van der Waals surface area contributed by atoms with Crippen LogP contribution in [0.5, 0.6) is 11.5 Å². The third-order valence-electron chi connectivity index (χ3n) is 1.52. The molecule has 82 valence electrons. The Balaban J connectivity index is 0.00000225. The summed E-state index contributed by atoms with van der Waals surface area (Å²) in [5, 5.41) is 0. The van der Waals surface area contributed by atoms with Crippen molar-refractivity contribution in [2.75, 3.05) is 7.11 Å². The average Bonchev–Trinajstić information content (AvgIpc) is 2.16. The van der Waals surface area contributed by atoms with Gasteiger partial charge in [-0.05, 0) is 18.2 Å². The molecule has 0 aliphatic carbocycles. The van der Waals surface area contributed by atoms with Crippen molar-refractivity contribution >= 4 is 16.7 Å². The van der Waals surface area contributed by atoms with Crippen molar-refractivity contribution < 1.29 is 78.1 Å². The second-order valence-electron chi connectivity index (χ2n) is 2.52. The van der Waals surface area contributed by atoms with Crippen LogP contribution in [0.4, 0.5) is 0 Å². The Labute approximate surface area is 135 Å². The van der Waals surface area contributed by atoms with Gasteiger partial charge in [-0.15, -0.1) is 0 Å². The van der Waals surface area contributed by atoms with Crippen LogP contribution in [0.25, 0.3) is 0 Å². The van der Waals surface area contributed by atoms with E-state index in [1.165, 1.54) is 19.2 Å². The van der Waals surface area contributed by atoms with Crippen molar-refractivity contribution in [3.8, 4) is 11.5 Å². The van der Waals surface area contributed by atoms with Crippen LogP contribution in [-0.4, -0.2) is 26.4 Å². The third kappa shape index (κ3) is 4.91. The number of aldehydes is 1. The van der Waals surface area contributed by atoms with E-state index in [2.05, 4.69) is 4.18 Å². The first-order valence-corrected chi connectivity index (χ1v) is 5.08. The minimum Gasteiger partial charge on any atom is -0.716 e. The number of hydrogen-bond donors (Lipinski definition) is 0. The molecule has 0 aliphatic rings. The van der Waals surface area contributed by atoms with Crippen LogP contribution in [0.15, 0.2) is 18.2 Å². The molecule has 0 amide bonds. The topological polar surface area (TPSA) is 92.7 Å². The van der Waals surface area contributed by atoms with Crippen LogP contribution in [-0.2, 0) is 10.4 Å². The summed E-state index contributed by atoms with van der Waals surface area (Å²) in [6, 6.07) is 3.72. The number of methoxy groups -OCH3 is 1. The largest absolute Gasteiger partial charge is 1.00 e. The van der Waals surface area contributed by atoms with Crippen molar-refractivity contribution in [1.29, 1.82) is 0 Å². The molecule has 0 spiro atoms. The second kappa shape index (κ2) is 6.69. The van der Waals surface area contributed by atoms with E-state index in [4.69, 9.17) is 4.74 Å². The van der Waals surface area contributed by atoms with Crippen LogP contribution in [0.2, 0.25) is 0 Å². The molecule has 6 nitrogen and oxygen atoms in total. The van der Waals surface area contributed by atoms with Gasteiger partial charge in [0.2, 0.25) is 0 Å². The van der Waals surface area contributed by atoms with Crippen LogP contribution in [0.1, 0.15) is 10.4 Å². The predicted octanol–water partition coefficient (Wildman–Crippen LogP) is -2.65. The van der Waals surface area contributed by atoms with Crippen LogP contribution >= 0.6 is 0 Å². The standard InChI is InChI=1S/C8H8O6S.K/c1-13-8-4-6(5-9)2-3-7(8)14-15(10,11)12;/h2-5H,1H3,(H,10,11,12);/q;+1/p-1. The third-order valence-corrected chi connectivity index (χ3v) is 1.90. The van der Waals surface area contributed by atoms with E-state index < -0.39 is 10.4 Å². The molecule has 0 saturated heterocycles. The van der Waals surface area contributed by atoms with Gasteiger partial charge in [-0.3, -0.25) is 4.79 Å². The molecule has 0 saturated carbocycles. The summed E-state index contributed by atoms with van der Waals surface area (Å²) in [6.45, 7) is 0. The summed E-state index contributed by atoms with van der Waals surface area (Å²) < 4.78 is 39.8. The molecule has 8 heteroatoms. The fourth-order valence-electron chi connectivity index (χ4n) is 0.936. The van der Waals surface area contributed by atoms with Gasteiger partial charge in [-0.2, -0.15) is 0 Å². The molecule has 16 heavy (non-hydrogen) atoms. The van der Waals surface area contributed by atoms with E-state index in [9.17, 15) is 17.8 Å². The fourth-order valence-corrected chi connectivity index (χ4v) is 1.29. The van der Waals surface area contributed by atoms with Gasteiger partial charge in [0, 0.05) is 5.56 Å². The minimum atomic E-state index is -4.85. The SMILES string of the molecule is COc1cc(C=O)ccc1OS(=O)(=O)[O-].[K+]. The van der Waals surface area contributed by atoms with Gasteiger partial charge in [-0.1, -0.05) is 0 Å². The number of carbonyl (C=O) groups excluding carboxylic acids is 1. The Kier molecular flexibility index (Phi) is 6.71. The summed E-state index contributed by atoms with van der Waals surface area (Å²) in [5.41, 5.74) is 0.280. The minimum absolute atomic E-state index is 0. The first kappa shape index (κ1) is 16.0. The molecule has 0 bridgehead atoms. The van der Waals surface area contributed by atoms with E-state index in [1.54, 1.807) is 0 Å². The van der Waals surface area contributed by atoms with Gasteiger partial charge < -0.3 is 13.5 Å². The van der Waals surface area contributed by atoms with Gasteiger partial charge in [0.15, 0.2) is 11.5 Å². The smallest absolute Gasteiger partial charge is 0.716 e. The van der Waals surface area contributed by atoms with Gasteiger partial charge in [0.25, 0.3) is 10.4 Å². The Morgan fingerprint density at radius 2 is 1.94 bits per heavy atom. The Bertz CT molecular complexity index is 469. The van der Waals surface area contributed by atoms with Crippen molar-refractivity contribution in [2.24, 2.45) is 0 Å². The van der Waals surface area contributed by atoms with Crippen LogP contribution in [0.3, 0.4) is 0 Å². The molecule has 0 aromatic heterocycles. The zero-order valence-corrected chi connectivity index (χ0v) is 12.6. The zero-order valence-electron chi connectivity index (χ0n) is 8.67. The van der Waals surface area contributed by atoms with E-state index in [-0.39, 0.29) is 68.4 Å². The number of ether oxygens (including phenoxy) is 1. The van der Waals surface area contributed by atoms with Crippen LogP contribution < -0.4 is 60.3 Å². The summed E-state index contributed by atoms with van der Waals surface area (Å²) in [5.74, 6) is -0.253. The molecule has 0 radical (unpaired) electrons. The number of hydrogen-bond acceptors (Lipinski definition) is 6. The van der Waals surface area contributed by atoms with Gasteiger partial charge in [-0.25, -0.2) is 8.42 Å². The maximum absolute atomic E-state index is 10.4. The fraction of sp³-hybridized carbons (Fsp3) is 0.125. The molecule has 0 unspecified atom stereocenters. The van der Waals surface area contributed by atoms with Crippen molar-refractivity contribution in [3.63, 3.8) is 0 Å². The van der Waals surface area contributed by atoms with E-state index in [0.717, 1.165) is 6.07 Å². The molecule has 0 N–H and O–H groups in total. The van der Waals surface area contributed by atoms with Gasteiger partial charge in [0.05, 0.1) is 7.11 Å². The number of benzene rings is 1. The summed E-state index contributed by atoms with van der Waals surface area (Å²) in [4.78, 5) is 10.4. The van der Waals surface area contributed by atoms with E-state index >= 15 is 0 Å². The van der Waals surface area contributed by atoms with Crippen molar-refractivity contribution in [1.82, 2.24) is 0 Å². The Morgan fingerprint density at radius 1 is 1.31 bits per heavy atom. The number of rotatable bonds is 4. The average molecular weight is 270 g/mol. The first-order valence-electron chi connectivity index (χ1n) is 3.75. The second-order valence-corrected chi connectivity index (χ2v) is 3.50. The summed E-state index contributed by atoms with van der Waals surface area (Å²) in [7, 11) is -3.59. The molecule has 0 aliphatic heterocycles. The molecule has 1 rings (SSSR count). The molecular weight excluding hydrogens is 263 g/mol. The molecule has 0 heterocycles. The monoisotopic (exact) mass is 270 g/mol. The molecular formula is C8H7KO6S. The number of carbonyl (C=O) groups is 1. The van der Waals surface area contributed by atoms with Crippen molar-refractivity contribution in [2.45, 2.75) is 0 Å². The summed E-state index contributed by atoms with van der Waals surface area (Å²) >= 11 is 0. The first-order chi connectivity index (χ1) is 6.96. The predicted molar refractivity (Wildman–Crippen MR) is 48.7 cm³/mol. The maximum atomic E-state index is 10.4. The van der Waals surface area contributed by atoms with E-state index in [1.807, 2.05) is 0 Å². The van der Waals surface area contributed by atoms with E-state index in [0.29, 0.717) is 6.29 Å². The normalized spacial score (nSPS) is 10.1. The molecule has 0 fully saturated rings. The van der Waals surface area contributed by atoms with Crippen LogP contribution in [0, 0.1) is 0 Å². The molecule has 1 aromatic carbocycles. The maximum Gasteiger partial charge on any atom is 1.00 e. The van der Waals surface area contributed by atoms with Crippen molar-refractivity contribution in [3.05, 3.63) is 23.8 Å².